The van der Waals surface area contributed by atoms with Gasteiger partial charge in [-0.1, -0.05) is 0 Å². The highest BCUT2D eigenvalue weighted by molar-refractivity contribution is 8.00. The summed E-state index contributed by atoms with van der Waals surface area (Å²) in [7, 11) is 0. The minimum Gasteiger partial charge on any atom is -0.325 e. The number of carbonyl (C=O) groups excluding carboxylic acids is 1. The SMILES string of the molecule is N#Cc1ccc(NC(=O)CSCC=[NH2+])cc1. The number of rotatable bonds is 5. The van der Waals surface area contributed by atoms with Gasteiger partial charge in [-0.25, -0.2) is 0 Å². The summed E-state index contributed by atoms with van der Waals surface area (Å²) in [6, 6.07) is 8.75. The number of hydrogen-bond acceptors (Lipinski definition) is 3. The van der Waals surface area contributed by atoms with E-state index in [0.717, 1.165) is 0 Å². The maximum Gasteiger partial charge on any atom is 0.234 e. The number of thioether (sulfide) groups is 1. The van der Waals surface area contributed by atoms with Gasteiger partial charge in [0.1, 0.15) is 6.21 Å². The topological polar surface area (TPSA) is 78.5 Å². The summed E-state index contributed by atoms with van der Waals surface area (Å²) in [4.78, 5) is 11.4. The van der Waals surface area contributed by atoms with Gasteiger partial charge in [0.25, 0.3) is 0 Å². The molecule has 0 bridgehead atoms. The highest BCUT2D eigenvalue weighted by Crippen LogP contribution is 2.09. The van der Waals surface area contributed by atoms with Gasteiger partial charge in [0.2, 0.25) is 5.91 Å². The Morgan fingerprint density at radius 1 is 1.50 bits per heavy atom. The molecule has 0 unspecified atom stereocenters. The number of hydrogen-bond donors (Lipinski definition) is 2. The fourth-order valence-corrected chi connectivity index (χ4v) is 1.56. The molecule has 0 aromatic heterocycles. The van der Waals surface area contributed by atoms with Gasteiger partial charge in [0.05, 0.1) is 23.1 Å². The molecule has 0 saturated heterocycles. The molecule has 4 nitrogen and oxygen atoms in total. The van der Waals surface area contributed by atoms with Gasteiger partial charge < -0.3 is 5.32 Å². The first-order chi connectivity index (χ1) is 7.76. The summed E-state index contributed by atoms with van der Waals surface area (Å²) in [6.07, 6.45) is 1.51. The number of anilines is 1. The Morgan fingerprint density at radius 3 is 2.75 bits per heavy atom. The van der Waals surface area contributed by atoms with Crippen molar-refractivity contribution in [2.24, 2.45) is 0 Å². The molecule has 0 saturated carbocycles. The molecule has 16 heavy (non-hydrogen) atoms. The molecule has 0 radical (unpaired) electrons. The predicted octanol–water partition coefficient (Wildman–Crippen LogP) is 0.0599. The first kappa shape index (κ1) is 12.3. The van der Waals surface area contributed by atoms with Crippen LogP contribution in [0.5, 0.6) is 0 Å². The molecule has 1 aromatic carbocycles. The van der Waals surface area contributed by atoms with E-state index in [1.54, 1.807) is 24.3 Å². The number of nitrogens with one attached hydrogen (secondary N) is 1. The molecular weight excluding hydrogens is 222 g/mol. The molecule has 5 heteroatoms. The van der Waals surface area contributed by atoms with Crippen LogP contribution in [-0.4, -0.2) is 23.6 Å². The summed E-state index contributed by atoms with van der Waals surface area (Å²) in [6.45, 7) is 0. The number of carbonyl (C=O) groups is 1. The molecule has 0 aliphatic rings. The Morgan fingerprint density at radius 2 is 2.19 bits per heavy atom. The van der Waals surface area contributed by atoms with Gasteiger partial charge in [-0.3, -0.25) is 10.2 Å². The molecule has 82 valence electrons. The van der Waals surface area contributed by atoms with Gasteiger partial charge >= 0.3 is 0 Å². The smallest absolute Gasteiger partial charge is 0.234 e. The Labute approximate surface area is 98.2 Å². The van der Waals surface area contributed by atoms with E-state index < -0.39 is 0 Å². The van der Waals surface area contributed by atoms with Crippen molar-refractivity contribution >= 4 is 29.6 Å². The van der Waals surface area contributed by atoms with E-state index in [0.29, 0.717) is 22.8 Å². The average Bonchev–Trinajstić information content (AvgIpc) is 2.30. The van der Waals surface area contributed by atoms with E-state index in [9.17, 15) is 4.79 Å². The number of nitrogens with zero attached hydrogens (tertiary/aromatic N) is 1. The third-order valence-corrected chi connectivity index (χ3v) is 2.64. The molecule has 0 aliphatic carbocycles. The first-order valence-electron chi connectivity index (χ1n) is 4.67. The molecule has 0 atom stereocenters. The lowest BCUT2D eigenvalue weighted by Crippen LogP contribution is -2.30. The zero-order chi connectivity index (χ0) is 11.8. The lowest BCUT2D eigenvalue weighted by molar-refractivity contribution is -0.113. The second-order valence-corrected chi connectivity index (χ2v) is 4.02. The number of nitrogens with two attached hydrogens (primary N) is 1. The Balaban J connectivity index is 2.44. The minimum atomic E-state index is -0.0726. The Bertz CT molecular complexity index is 408. The van der Waals surface area contributed by atoms with Crippen molar-refractivity contribution in [2.75, 3.05) is 16.8 Å². The van der Waals surface area contributed by atoms with Crippen LogP contribution in [0, 0.1) is 11.3 Å². The lowest BCUT2D eigenvalue weighted by Gasteiger charge is -2.03. The fraction of sp³-hybridized carbons (Fsp3) is 0.182. The number of amides is 1. The zero-order valence-electron chi connectivity index (χ0n) is 8.64. The standard InChI is InChI=1S/C11H11N3OS/c12-5-6-16-8-11(15)14-10-3-1-9(7-13)2-4-10/h1-5,12H,6,8H2,(H,14,15)/p+1. The van der Waals surface area contributed by atoms with Crippen molar-refractivity contribution in [3.63, 3.8) is 0 Å². The van der Waals surface area contributed by atoms with E-state index in [2.05, 4.69) is 5.32 Å². The van der Waals surface area contributed by atoms with Crippen molar-refractivity contribution in [1.82, 2.24) is 0 Å². The monoisotopic (exact) mass is 234 g/mol. The maximum absolute atomic E-state index is 11.4. The van der Waals surface area contributed by atoms with E-state index >= 15 is 0 Å². The molecule has 3 N–H and O–H groups in total. The van der Waals surface area contributed by atoms with Crippen molar-refractivity contribution in [1.29, 1.82) is 5.26 Å². The Kier molecular flexibility index (Phi) is 5.09. The van der Waals surface area contributed by atoms with E-state index in [1.807, 2.05) is 6.07 Å². The second kappa shape index (κ2) is 6.64. The molecule has 1 aromatic rings. The van der Waals surface area contributed by atoms with Crippen molar-refractivity contribution in [3.05, 3.63) is 29.8 Å². The Hall–Kier alpha value is -1.80. The van der Waals surface area contributed by atoms with Crippen LogP contribution in [0.1, 0.15) is 5.56 Å². The summed E-state index contributed by atoms with van der Waals surface area (Å²) in [5, 5.41) is 16.5. The van der Waals surface area contributed by atoms with Crippen LogP contribution < -0.4 is 10.7 Å². The second-order valence-electron chi connectivity index (χ2n) is 2.99. The molecule has 0 heterocycles. The van der Waals surface area contributed by atoms with E-state index in [1.165, 1.54) is 18.0 Å². The van der Waals surface area contributed by atoms with Crippen LogP contribution in [0.3, 0.4) is 0 Å². The molecule has 0 aliphatic heterocycles. The fourth-order valence-electron chi connectivity index (χ4n) is 1.04. The molecule has 0 fully saturated rings. The summed E-state index contributed by atoms with van der Waals surface area (Å²) >= 11 is 1.44. The average molecular weight is 234 g/mol. The van der Waals surface area contributed by atoms with Gasteiger partial charge in [0.15, 0.2) is 0 Å². The van der Waals surface area contributed by atoms with Crippen LogP contribution in [0.15, 0.2) is 24.3 Å². The molecular formula is C11H12N3OS+. The van der Waals surface area contributed by atoms with E-state index in [4.69, 9.17) is 10.7 Å². The van der Waals surface area contributed by atoms with Crippen LogP contribution in [0.2, 0.25) is 0 Å². The highest BCUT2D eigenvalue weighted by Gasteiger charge is 2.02. The lowest BCUT2D eigenvalue weighted by atomic mass is 10.2. The molecule has 1 amide bonds. The maximum atomic E-state index is 11.4. The van der Waals surface area contributed by atoms with Crippen molar-refractivity contribution in [2.45, 2.75) is 0 Å². The van der Waals surface area contributed by atoms with Gasteiger partial charge in [0, 0.05) is 5.69 Å². The third-order valence-electron chi connectivity index (χ3n) is 1.74. The van der Waals surface area contributed by atoms with Crippen molar-refractivity contribution in [3.8, 4) is 6.07 Å². The summed E-state index contributed by atoms with van der Waals surface area (Å²) < 4.78 is 0. The van der Waals surface area contributed by atoms with Crippen molar-refractivity contribution < 1.29 is 10.2 Å². The van der Waals surface area contributed by atoms with E-state index in [-0.39, 0.29) is 5.91 Å². The largest absolute Gasteiger partial charge is 0.325 e. The first-order valence-corrected chi connectivity index (χ1v) is 5.83. The van der Waals surface area contributed by atoms with Crippen LogP contribution in [0.4, 0.5) is 5.69 Å². The van der Waals surface area contributed by atoms with Crippen LogP contribution in [0.25, 0.3) is 0 Å². The van der Waals surface area contributed by atoms with Gasteiger partial charge in [-0.2, -0.15) is 5.26 Å². The quantitative estimate of drug-likeness (QED) is 0.558. The zero-order valence-corrected chi connectivity index (χ0v) is 9.46. The normalized spacial score (nSPS) is 9.19. The number of nitriles is 1. The highest BCUT2D eigenvalue weighted by atomic mass is 32.2. The third kappa shape index (κ3) is 4.15. The minimum absolute atomic E-state index is 0.0726. The number of benzene rings is 1. The van der Waals surface area contributed by atoms with Crippen LogP contribution >= 0.6 is 11.8 Å². The predicted molar refractivity (Wildman–Crippen MR) is 65.1 cm³/mol. The summed E-state index contributed by atoms with van der Waals surface area (Å²) in [5.74, 6) is 0.950. The summed E-state index contributed by atoms with van der Waals surface area (Å²) in [5.41, 5.74) is 1.27. The molecule has 1 rings (SSSR count). The molecule has 0 spiro atoms. The van der Waals surface area contributed by atoms with Crippen LogP contribution in [-0.2, 0) is 4.79 Å². The van der Waals surface area contributed by atoms with Gasteiger partial charge in [-0.05, 0) is 24.3 Å². The van der Waals surface area contributed by atoms with Gasteiger partial charge in [-0.15, -0.1) is 11.8 Å².